The largest absolute Gasteiger partial charge is 0.492 e. The smallest absolute Gasteiger partial charge is 0.244 e. The number of nitrogens with one attached hydrogen (secondary N) is 1. The van der Waals surface area contributed by atoms with Crippen LogP contribution in [0.3, 0.4) is 0 Å². The molecular formula is C25H31N5O2. The Labute approximate surface area is 189 Å². The number of benzene rings is 2. The van der Waals surface area contributed by atoms with E-state index < -0.39 is 0 Å². The lowest BCUT2D eigenvalue weighted by atomic mass is 10.2. The molecule has 0 spiro atoms. The maximum absolute atomic E-state index is 13.0. The van der Waals surface area contributed by atoms with Gasteiger partial charge < -0.3 is 20.2 Å². The predicted octanol–water partition coefficient (Wildman–Crippen LogP) is 4.89. The quantitative estimate of drug-likeness (QED) is 0.474. The average Bonchev–Trinajstić information content (AvgIpc) is 2.80. The number of hydrogen-bond donors (Lipinski definition) is 2. The molecule has 0 aliphatic carbocycles. The lowest BCUT2D eigenvalue weighted by molar-refractivity contribution is -0.115. The van der Waals surface area contributed by atoms with Gasteiger partial charge in [0.15, 0.2) is 5.82 Å². The molecule has 7 heteroatoms. The molecule has 0 aliphatic rings. The van der Waals surface area contributed by atoms with Crippen molar-refractivity contribution in [1.29, 1.82) is 0 Å². The van der Waals surface area contributed by atoms with E-state index in [1.54, 1.807) is 6.92 Å². The van der Waals surface area contributed by atoms with Gasteiger partial charge in [-0.25, -0.2) is 4.98 Å². The van der Waals surface area contributed by atoms with Gasteiger partial charge in [-0.3, -0.25) is 4.79 Å². The normalized spacial score (nSPS) is 10.6. The number of anilines is 4. The second-order valence-corrected chi connectivity index (χ2v) is 7.59. The Morgan fingerprint density at radius 3 is 2.09 bits per heavy atom. The molecule has 0 bridgehead atoms. The van der Waals surface area contributed by atoms with E-state index in [9.17, 15) is 9.90 Å². The van der Waals surface area contributed by atoms with Crippen LogP contribution in [0, 0.1) is 6.92 Å². The molecule has 3 aromatic rings. The molecule has 0 saturated heterocycles. The zero-order valence-corrected chi connectivity index (χ0v) is 19.0. The number of aryl methyl sites for hydroxylation is 1. The van der Waals surface area contributed by atoms with Crippen LogP contribution in [0.25, 0.3) is 0 Å². The maximum Gasteiger partial charge on any atom is 0.244 e. The summed E-state index contributed by atoms with van der Waals surface area (Å²) < 4.78 is 0. The van der Waals surface area contributed by atoms with Crippen molar-refractivity contribution >= 4 is 28.8 Å². The molecule has 0 atom stereocenters. The number of carbonyl (C=O) groups excluding carboxylic acids is 1. The number of para-hydroxylation sites is 2. The van der Waals surface area contributed by atoms with Crippen molar-refractivity contribution < 1.29 is 9.90 Å². The minimum atomic E-state index is -0.240. The first-order chi connectivity index (χ1) is 15.5. The van der Waals surface area contributed by atoms with E-state index in [1.807, 2.05) is 70.5 Å². The Morgan fingerprint density at radius 2 is 1.50 bits per heavy atom. The molecule has 2 aromatic carbocycles. The van der Waals surface area contributed by atoms with Gasteiger partial charge in [0.1, 0.15) is 11.5 Å². The molecule has 7 nitrogen and oxygen atoms in total. The van der Waals surface area contributed by atoms with Crippen molar-refractivity contribution in [2.24, 2.45) is 0 Å². The standard InChI is InChI=1S/C25H31N5O2/c1-4-16-29(20-12-8-6-9-13-20)18-22(31)28-23-24(26-19(3)27-25(23)32)30(17-5-2)21-14-10-7-11-15-21/h6-15H,4-5,16-18H2,1-3H3,(H,28,31)(H,26,27,32). The van der Waals surface area contributed by atoms with Crippen molar-refractivity contribution in [3.8, 4) is 5.88 Å². The number of nitrogens with zero attached hydrogens (tertiary/aromatic N) is 4. The number of aromatic hydroxyl groups is 1. The van der Waals surface area contributed by atoms with E-state index in [2.05, 4.69) is 29.1 Å². The molecule has 1 aromatic heterocycles. The topological polar surface area (TPSA) is 81.6 Å². The van der Waals surface area contributed by atoms with Gasteiger partial charge in [0, 0.05) is 24.5 Å². The Hall–Kier alpha value is -3.61. The van der Waals surface area contributed by atoms with Crippen LogP contribution in [-0.4, -0.2) is 40.6 Å². The Balaban J connectivity index is 1.91. The zero-order valence-electron chi connectivity index (χ0n) is 19.0. The van der Waals surface area contributed by atoms with Crippen LogP contribution < -0.4 is 15.1 Å². The fraction of sp³-hybridized carbons (Fsp3) is 0.320. The number of rotatable bonds is 10. The fourth-order valence-corrected chi connectivity index (χ4v) is 3.60. The van der Waals surface area contributed by atoms with Crippen molar-refractivity contribution in [2.45, 2.75) is 33.6 Å². The molecule has 0 radical (unpaired) electrons. The number of aromatic nitrogens is 2. The third-order valence-electron chi connectivity index (χ3n) is 4.97. The zero-order chi connectivity index (χ0) is 22.9. The second-order valence-electron chi connectivity index (χ2n) is 7.59. The van der Waals surface area contributed by atoms with Crippen molar-refractivity contribution in [3.05, 3.63) is 66.5 Å². The number of amides is 1. The van der Waals surface area contributed by atoms with Crippen molar-refractivity contribution in [3.63, 3.8) is 0 Å². The molecule has 2 N–H and O–H groups in total. The molecule has 0 aliphatic heterocycles. The summed E-state index contributed by atoms with van der Waals surface area (Å²) in [5.41, 5.74) is 2.13. The fourth-order valence-electron chi connectivity index (χ4n) is 3.60. The highest BCUT2D eigenvalue weighted by molar-refractivity contribution is 5.98. The molecule has 0 fully saturated rings. The van der Waals surface area contributed by atoms with Gasteiger partial charge in [0.2, 0.25) is 11.8 Å². The Morgan fingerprint density at radius 1 is 0.906 bits per heavy atom. The molecular weight excluding hydrogens is 402 g/mol. The summed E-state index contributed by atoms with van der Waals surface area (Å²) in [7, 11) is 0. The van der Waals surface area contributed by atoms with E-state index in [-0.39, 0.29) is 24.0 Å². The SMILES string of the molecule is CCCN(CC(=O)Nc1c(O)nc(C)nc1N(CCC)c1ccccc1)c1ccccc1. The maximum atomic E-state index is 13.0. The molecule has 3 rings (SSSR count). The van der Waals surface area contributed by atoms with Crippen LogP contribution >= 0.6 is 0 Å². The number of carbonyl (C=O) groups is 1. The van der Waals surface area contributed by atoms with Gasteiger partial charge >= 0.3 is 0 Å². The summed E-state index contributed by atoms with van der Waals surface area (Å²) in [5, 5.41) is 13.5. The van der Waals surface area contributed by atoms with Crippen LogP contribution in [0.2, 0.25) is 0 Å². The summed E-state index contributed by atoms with van der Waals surface area (Å²) in [4.78, 5) is 25.7. The summed E-state index contributed by atoms with van der Waals surface area (Å²) in [6.45, 7) is 7.45. The third kappa shape index (κ3) is 5.75. The van der Waals surface area contributed by atoms with Gasteiger partial charge in [-0.1, -0.05) is 50.2 Å². The van der Waals surface area contributed by atoms with E-state index in [1.165, 1.54) is 0 Å². The van der Waals surface area contributed by atoms with Gasteiger partial charge in [-0.05, 0) is 44.0 Å². The van der Waals surface area contributed by atoms with Crippen LogP contribution in [0.15, 0.2) is 60.7 Å². The lowest BCUT2D eigenvalue weighted by Crippen LogP contribution is -2.34. The van der Waals surface area contributed by atoms with Gasteiger partial charge in [-0.2, -0.15) is 4.98 Å². The minimum absolute atomic E-state index is 0.156. The minimum Gasteiger partial charge on any atom is -0.492 e. The summed E-state index contributed by atoms with van der Waals surface area (Å²) in [6, 6.07) is 19.6. The van der Waals surface area contributed by atoms with Gasteiger partial charge in [0.25, 0.3) is 0 Å². The highest BCUT2D eigenvalue weighted by Crippen LogP contribution is 2.35. The summed E-state index contributed by atoms with van der Waals surface area (Å²) >= 11 is 0. The highest BCUT2D eigenvalue weighted by Gasteiger charge is 2.22. The van der Waals surface area contributed by atoms with Crippen LogP contribution in [-0.2, 0) is 4.79 Å². The Kier molecular flexibility index (Phi) is 8.02. The monoisotopic (exact) mass is 433 g/mol. The van der Waals surface area contributed by atoms with E-state index in [4.69, 9.17) is 0 Å². The van der Waals surface area contributed by atoms with Gasteiger partial charge in [-0.15, -0.1) is 0 Å². The van der Waals surface area contributed by atoms with E-state index >= 15 is 0 Å². The first-order valence-electron chi connectivity index (χ1n) is 11.0. The second kappa shape index (κ2) is 11.1. The molecule has 0 saturated carbocycles. The summed E-state index contributed by atoms with van der Waals surface area (Å²) in [6.07, 6.45) is 1.77. The van der Waals surface area contributed by atoms with Crippen molar-refractivity contribution in [2.75, 3.05) is 34.8 Å². The molecule has 168 valence electrons. The van der Waals surface area contributed by atoms with Crippen LogP contribution in [0.5, 0.6) is 5.88 Å². The molecule has 1 amide bonds. The average molecular weight is 434 g/mol. The highest BCUT2D eigenvalue weighted by atomic mass is 16.3. The lowest BCUT2D eigenvalue weighted by Gasteiger charge is -2.27. The van der Waals surface area contributed by atoms with Gasteiger partial charge in [0.05, 0.1) is 6.54 Å². The van der Waals surface area contributed by atoms with E-state index in [0.29, 0.717) is 18.2 Å². The summed E-state index contributed by atoms with van der Waals surface area (Å²) in [5.74, 6) is 0.443. The first kappa shape index (κ1) is 23.1. The van der Waals surface area contributed by atoms with Crippen LogP contribution in [0.1, 0.15) is 32.5 Å². The molecule has 0 unspecified atom stereocenters. The predicted molar refractivity (Wildman–Crippen MR) is 130 cm³/mol. The van der Waals surface area contributed by atoms with Crippen molar-refractivity contribution in [1.82, 2.24) is 9.97 Å². The van der Waals surface area contributed by atoms with Crippen LogP contribution in [0.4, 0.5) is 22.9 Å². The number of hydrogen-bond acceptors (Lipinski definition) is 6. The first-order valence-corrected chi connectivity index (χ1v) is 11.0. The Bertz CT molecular complexity index is 1010. The molecule has 1 heterocycles. The molecule has 32 heavy (non-hydrogen) atoms. The third-order valence-corrected chi connectivity index (χ3v) is 4.97. The van der Waals surface area contributed by atoms with E-state index in [0.717, 1.165) is 30.8 Å².